The maximum absolute atomic E-state index is 14.5. The van der Waals surface area contributed by atoms with Crippen molar-refractivity contribution in [2.75, 3.05) is 36.5 Å². The molecule has 2 atom stereocenters. The van der Waals surface area contributed by atoms with E-state index in [0.29, 0.717) is 44.3 Å². The third-order valence-corrected chi connectivity index (χ3v) is 4.32. The summed E-state index contributed by atoms with van der Waals surface area (Å²) in [7, 11) is 0. The number of benzene rings is 2. The Morgan fingerprint density at radius 1 is 1.19 bits per heavy atom. The van der Waals surface area contributed by atoms with Gasteiger partial charge in [0, 0.05) is 18.8 Å². The van der Waals surface area contributed by atoms with Crippen LogP contribution >= 0.6 is 0 Å². The Morgan fingerprint density at radius 3 is 2.58 bits per heavy atom. The highest BCUT2D eigenvalue weighted by Gasteiger charge is 2.18. The Kier molecular flexibility index (Phi) is 6.44. The van der Waals surface area contributed by atoms with Crippen molar-refractivity contribution in [2.45, 2.75) is 25.9 Å². The molecule has 6 heteroatoms. The molecule has 3 rings (SSSR count). The van der Waals surface area contributed by atoms with Gasteiger partial charge in [0.1, 0.15) is 5.82 Å². The second-order valence-electron chi connectivity index (χ2n) is 6.37. The molecule has 1 heterocycles. The van der Waals surface area contributed by atoms with Gasteiger partial charge in [-0.1, -0.05) is 30.3 Å². The minimum Gasteiger partial charge on any atom is -0.389 e. The van der Waals surface area contributed by atoms with Gasteiger partial charge < -0.3 is 24.8 Å². The first-order valence-electron chi connectivity index (χ1n) is 8.86. The normalized spacial score (nSPS) is 17.0. The lowest BCUT2D eigenvalue weighted by Gasteiger charge is -2.29. The maximum atomic E-state index is 14.5. The molecule has 1 aliphatic heterocycles. The maximum Gasteiger partial charge on any atom is 0.154 e. The molecule has 0 aromatic heterocycles. The molecule has 2 N–H and O–H groups in total. The Bertz CT molecular complexity index is 691. The van der Waals surface area contributed by atoms with Gasteiger partial charge in [-0.05, 0) is 30.7 Å². The smallest absolute Gasteiger partial charge is 0.154 e. The van der Waals surface area contributed by atoms with Gasteiger partial charge in [-0.2, -0.15) is 0 Å². The summed E-state index contributed by atoms with van der Waals surface area (Å²) in [4.78, 5) is 1.97. The van der Waals surface area contributed by atoms with E-state index < -0.39 is 12.3 Å². The van der Waals surface area contributed by atoms with E-state index in [0.717, 1.165) is 5.56 Å². The zero-order chi connectivity index (χ0) is 18.4. The van der Waals surface area contributed by atoms with Crippen molar-refractivity contribution in [3.8, 4) is 0 Å². The molecule has 0 radical (unpaired) electrons. The van der Waals surface area contributed by atoms with Crippen molar-refractivity contribution in [1.82, 2.24) is 0 Å². The summed E-state index contributed by atoms with van der Waals surface area (Å²) in [6.45, 7) is 4.58. The minimum atomic E-state index is -0.749. The number of rotatable bonds is 7. The second-order valence-corrected chi connectivity index (χ2v) is 6.37. The lowest BCUT2D eigenvalue weighted by molar-refractivity contribution is -0.0213. The predicted molar refractivity (Wildman–Crippen MR) is 99.8 cm³/mol. The Morgan fingerprint density at radius 2 is 1.92 bits per heavy atom. The highest BCUT2D eigenvalue weighted by atomic mass is 19.1. The summed E-state index contributed by atoms with van der Waals surface area (Å²) in [5.74, 6) is -0.302. The summed E-state index contributed by atoms with van der Waals surface area (Å²) in [6.07, 6.45) is -1.38. The van der Waals surface area contributed by atoms with Crippen LogP contribution in [0.25, 0.3) is 0 Å². The van der Waals surface area contributed by atoms with Crippen molar-refractivity contribution < 1.29 is 19.0 Å². The molecule has 26 heavy (non-hydrogen) atoms. The number of hydrogen-bond donors (Lipinski definition) is 2. The molecule has 2 aromatic carbocycles. The molecular weight excluding hydrogens is 335 g/mol. The van der Waals surface area contributed by atoms with Gasteiger partial charge in [-0.15, -0.1) is 0 Å². The van der Waals surface area contributed by atoms with Crippen molar-refractivity contribution in [3.63, 3.8) is 0 Å². The fourth-order valence-electron chi connectivity index (χ4n) is 2.88. The Labute approximate surface area is 153 Å². The van der Waals surface area contributed by atoms with Gasteiger partial charge in [0.15, 0.2) is 6.23 Å². The summed E-state index contributed by atoms with van der Waals surface area (Å²) < 4.78 is 25.6. The van der Waals surface area contributed by atoms with Crippen LogP contribution in [0.5, 0.6) is 0 Å². The topological polar surface area (TPSA) is 54.0 Å². The van der Waals surface area contributed by atoms with Crippen molar-refractivity contribution in [3.05, 3.63) is 59.9 Å². The fraction of sp³-hybridized carbons (Fsp3) is 0.400. The Balaban J connectivity index is 1.64. The van der Waals surface area contributed by atoms with Crippen molar-refractivity contribution >= 4 is 11.4 Å². The number of nitrogens with zero attached hydrogens (tertiary/aromatic N) is 1. The van der Waals surface area contributed by atoms with Gasteiger partial charge in [0.25, 0.3) is 0 Å². The van der Waals surface area contributed by atoms with Crippen LogP contribution < -0.4 is 10.2 Å². The number of morpholine rings is 1. The van der Waals surface area contributed by atoms with Gasteiger partial charge >= 0.3 is 0 Å². The van der Waals surface area contributed by atoms with Crippen LogP contribution in [0.1, 0.15) is 12.5 Å². The zero-order valence-corrected chi connectivity index (χ0v) is 14.9. The molecule has 2 unspecified atom stereocenters. The summed E-state index contributed by atoms with van der Waals surface area (Å²) in [6, 6.07) is 14.7. The molecule has 1 saturated heterocycles. The third kappa shape index (κ3) is 4.94. The van der Waals surface area contributed by atoms with E-state index in [1.807, 2.05) is 35.2 Å². The van der Waals surface area contributed by atoms with E-state index in [2.05, 4.69) is 5.32 Å². The molecule has 0 bridgehead atoms. The zero-order valence-electron chi connectivity index (χ0n) is 14.9. The monoisotopic (exact) mass is 360 g/mol. The van der Waals surface area contributed by atoms with E-state index in [9.17, 15) is 9.50 Å². The second kappa shape index (κ2) is 8.98. The molecule has 0 aliphatic carbocycles. The average Bonchev–Trinajstić information content (AvgIpc) is 2.66. The number of ether oxygens (including phenoxy) is 2. The molecule has 5 nitrogen and oxygen atoms in total. The number of hydrogen-bond acceptors (Lipinski definition) is 5. The highest BCUT2D eigenvalue weighted by Crippen LogP contribution is 2.24. The molecule has 0 amide bonds. The van der Waals surface area contributed by atoms with E-state index in [1.165, 1.54) is 6.07 Å². The van der Waals surface area contributed by atoms with Crippen LogP contribution in [-0.4, -0.2) is 43.7 Å². The SMILES string of the molecule is CC(O)C(Nc1ccc(N2CCOCC2)c(F)c1)OCc1ccccc1. The molecule has 2 aromatic rings. The third-order valence-electron chi connectivity index (χ3n) is 4.32. The van der Waals surface area contributed by atoms with Gasteiger partial charge in [0.05, 0.1) is 31.6 Å². The number of halogens is 1. The fourth-order valence-corrected chi connectivity index (χ4v) is 2.88. The predicted octanol–water partition coefficient (Wildman–Crippen LogP) is 3.00. The minimum absolute atomic E-state index is 0.302. The lowest BCUT2D eigenvalue weighted by atomic mass is 10.2. The van der Waals surface area contributed by atoms with Gasteiger partial charge in [0.2, 0.25) is 0 Å². The van der Waals surface area contributed by atoms with E-state index in [4.69, 9.17) is 9.47 Å². The van der Waals surface area contributed by atoms with Crippen molar-refractivity contribution in [2.24, 2.45) is 0 Å². The first-order chi connectivity index (χ1) is 12.6. The van der Waals surface area contributed by atoms with E-state index >= 15 is 0 Å². The molecule has 0 saturated carbocycles. The quantitative estimate of drug-likeness (QED) is 0.744. The number of nitrogens with one attached hydrogen (secondary N) is 1. The first-order valence-corrected chi connectivity index (χ1v) is 8.86. The molecule has 140 valence electrons. The summed E-state index contributed by atoms with van der Waals surface area (Å²) in [5.41, 5.74) is 2.14. The summed E-state index contributed by atoms with van der Waals surface area (Å²) >= 11 is 0. The molecule has 0 spiro atoms. The molecular formula is C20H25FN2O3. The summed E-state index contributed by atoms with van der Waals surface area (Å²) in [5, 5.41) is 13.0. The standard InChI is InChI=1S/C20H25FN2O3/c1-15(24)20(26-14-16-5-3-2-4-6-16)22-17-7-8-19(18(21)13-17)23-9-11-25-12-10-23/h2-8,13,15,20,22,24H,9-12,14H2,1H3. The largest absolute Gasteiger partial charge is 0.389 e. The number of aliphatic hydroxyl groups excluding tert-OH is 1. The number of aliphatic hydroxyl groups is 1. The van der Waals surface area contributed by atoms with Crippen molar-refractivity contribution in [1.29, 1.82) is 0 Å². The average molecular weight is 360 g/mol. The lowest BCUT2D eigenvalue weighted by Crippen LogP contribution is -2.37. The van der Waals surface area contributed by atoms with Crippen LogP contribution in [0.15, 0.2) is 48.5 Å². The van der Waals surface area contributed by atoms with Crippen LogP contribution in [0, 0.1) is 5.82 Å². The van der Waals surface area contributed by atoms with E-state index in [-0.39, 0.29) is 5.82 Å². The van der Waals surface area contributed by atoms with Crippen LogP contribution in [-0.2, 0) is 16.1 Å². The van der Waals surface area contributed by atoms with Gasteiger partial charge in [-0.25, -0.2) is 4.39 Å². The van der Waals surface area contributed by atoms with Crippen LogP contribution in [0.3, 0.4) is 0 Å². The molecule has 1 fully saturated rings. The Hall–Kier alpha value is -2.15. The van der Waals surface area contributed by atoms with Crippen LogP contribution in [0.4, 0.5) is 15.8 Å². The highest BCUT2D eigenvalue weighted by molar-refractivity contribution is 5.56. The molecule has 1 aliphatic rings. The van der Waals surface area contributed by atoms with E-state index in [1.54, 1.807) is 19.1 Å². The number of anilines is 2. The first kappa shape index (κ1) is 18.6. The van der Waals surface area contributed by atoms with Crippen LogP contribution in [0.2, 0.25) is 0 Å². The van der Waals surface area contributed by atoms with Gasteiger partial charge in [-0.3, -0.25) is 0 Å².